The third-order valence-corrected chi connectivity index (χ3v) is 1.18. The number of alkyl halides is 3. The standard InChI is InChI=1S/C6H7F3O/c7-6(8,9)4-10-5-2-1-3-5/h2H,1,3-4H2. The second-order valence-corrected chi connectivity index (χ2v) is 2.11. The quantitative estimate of drug-likeness (QED) is 0.589. The zero-order valence-electron chi connectivity index (χ0n) is 5.24. The minimum atomic E-state index is -4.20. The van der Waals surface area contributed by atoms with E-state index in [9.17, 15) is 13.2 Å². The Labute approximate surface area is 56.5 Å². The lowest BCUT2D eigenvalue weighted by molar-refractivity contribution is -0.166. The Balaban J connectivity index is 2.16. The van der Waals surface area contributed by atoms with Crippen molar-refractivity contribution in [1.29, 1.82) is 0 Å². The van der Waals surface area contributed by atoms with Gasteiger partial charge in [0.1, 0.15) is 0 Å². The van der Waals surface area contributed by atoms with Crippen molar-refractivity contribution in [3.63, 3.8) is 0 Å². The molecule has 1 aliphatic rings. The Kier molecular flexibility index (Phi) is 1.87. The molecule has 10 heavy (non-hydrogen) atoms. The number of halogens is 3. The first-order valence-corrected chi connectivity index (χ1v) is 2.96. The fraction of sp³-hybridized carbons (Fsp3) is 0.667. The molecule has 58 valence electrons. The van der Waals surface area contributed by atoms with Crippen molar-refractivity contribution < 1.29 is 17.9 Å². The minimum Gasteiger partial charge on any atom is -0.489 e. The fourth-order valence-corrected chi connectivity index (χ4v) is 0.568. The van der Waals surface area contributed by atoms with Crippen molar-refractivity contribution in [2.45, 2.75) is 19.0 Å². The summed E-state index contributed by atoms with van der Waals surface area (Å²) in [6.45, 7) is -1.15. The van der Waals surface area contributed by atoms with E-state index in [4.69, 9.17) is 0 Å². The summed E-state index contributed by atoms with van der Waals surface area (Å²) in [5, 5.41) is 0. The van der Waals surface area contributed by atoms with Crippen LogP contribution >= 0.6 is 0 Å². The van der Waals surface area contributed by atoms with Gasteiger partial charge in [0, 0.05) is 6.42 Å². The van der Waals surface area contributed by atoms with Crippen molar-refractivity contribution in [3.8, 4) is 0 Å². The van der Waals surface area contributed by atoms with Crippen molar-refractivity contribution in [2.24, 2.45) is 0 Å². The Morgan fingerprint density at radius 1 is 1.50 bits per heavy atom. The summed E-state index contributed by atoms with van der Waals surface area (Å²) in [4.78, 5) is 0. The molecule has 0 N–H and O–H groups in total. The van der Waals surface area contributed by atoms with E-state index in [2.05, 4.69) is 4.74 Å². The highest BCUT2D eigenvalue weighted by molar-refractivity contribution is 5.04. The normalized spacial score (nSPS) is 17.7. The fourth-order valence-electron chi connectivity index (χ4n) is 0.568. The molecule has 0 amide bonds. The predicted molar refractivity (Wildman–Crippen MR) is 29.3 cm³/mol. The molecule has 0 aromatic heterocycles. The van der Waals surface area contributed by atoms with E-state index in [1.54, 1.807) is 6.08 Å². The Hall–Kier alpha value is -0.670. The van der Waals surface area contributed by atoms with E-state index >= 15 is 0 Å². The lowest BCUT2D eigenvalue weighted by Crippen LogP contribution is -2.17. The van der Waals surface area contributed by atoms with Gasteiger partial charge in [-0.3, -0.25) is 0 Å². The van der Waals surface area contributed by atoms with E-state index in [1.807, 2.05) is 0 Å². The lowest BCUT2D eigenvalue weighted by Gasteiger charge is -2.16. The molecule has 0 heterocycles. The van der Waals surface area contributed by atoms with Gasteiger partial charge < -0.3 is 4.74 Å². The summed E-state index contributed by atoms with van der Waals surface area (Å²) in [7, 11) is 0. The molecule has 0 radical (unpaired) electrons. The van der Waals surface area contributed by atoms with Crippen LogP contribution in [-0.2, 0) is 4.74 Å². The molecule has 0 bridgehead atoms. The molecular formula is C6H7F3O. The SMILES string of the molecule is FC(F)(F)COC1=CCC1. The van der Waals surface area contributed by atoms with Crippen LogP contribution < -0.4 is 0 Å². The average molecular weight is 152 g/mol. The minimum absolute atomic E-state index is 0.470. The number of allylic oxidation sites excluding steroid dienone is 2. The highest BCUT2D eigenvalue weighted by atomic mass is 19.4. The van der Waals surface area contributed by atoms with Crippen LogP contribution in [0.2, 0.25) is 0 Å². The highest BCUT2D eigenvalue weighted by Gasteiger charge is 2.29. The molecule has 0 unspecified atom stereocenters. The summed E-state index contributed by atoms with van der Waals surface area (Å²) in [5.41, 5.74) is 0. The van der Waals surface area contributed by atoms with Crippen LogP contribution in [-0.4, -0.2) is 12.8 Å². The van der Waals surface area contributed by atoms with E-state index < -0.39 is 12.8 Å². The predicted octanol–water partition coefficient (Wildman–Crippen LogP) is 2.24. The molecule has 0 aromatic rings. The molecule has 1 aliphatic carbocycles. The number of rotatable bonds is 2. The maximum atomic E-state index is 11.4. The highest BCUT2D eigenvalue weighted by Crippen LogP contribution is 2.23. The average Bonchev–Trinajstić information content (AvgIpc) is 1.56. The summed E-state index contributed by atoms with van der Waals surface area (Å²) < 4.78 is 38.7. The van der Waals surface area contributed by atoms with Crippen LogP contribution in [0.1, 0.15) is 12.8 Å². The first kappa shape index (κ1) is 7.44. The van der Waals surface area contributed by atoms with Crippen molar-refractivity contribution in [2.75, 3.05) is 6.61 Å². The maximum absolute atomic E-state index is 11.4. The van der Waals surface area contributed by atoms with Gasteiger partial charge >= 0.3 is 6.18 Å². The lowest BCUT2D eigenvalue weighted by atomic mass is 10.1. The number of hydrogen-bond acceptors (Lipinski definition) is 1. The van der Waals surface area contributed by atoms with E-state index in [0.29, 0.717) is 12.2 Å². The molecule has 0 saturated carbocycles. The van der Waals surface area contributed by atoms with Gasteiger partial charge in [-0.15, -0.1) is 0 Å². The van der Waals surface area contributed by atoms with Crippen LogP contribution in [0.4, 0.5) is 13.2 Å². The van der Waals surface area contributed by atoms with Crippen molar-refractivity contribution in [3.05, 3.63) is 11.8 Å². The van der Waals surface area contributed by atoms with Crippen LogP contribution in [0.5, 0.6) is 0 Å². The monoisotopic (exact) mass is 152 g/mol. The molecule has 4 heteroatoms. The molecule has 0 atom stereocenters. The molecule has 0 aromatic carbocycles. The van der Waals surface area contributed by atoms with E-state index in [1.165, 1.54) is 0 Å². The van der Waals surface area contributed by atoms with Gasteiger partial charge in [-0.2, -0.15) is 13.2 Å². The van der Waals surface area contributed by atoms with E-state index in [0.717, 1.165) is 6.42 Å². The van der Waals surface area contributed by atoms with Gasteiger partial charge in [0.25, 0.3) is 0 Å². The van der Waals surface area contributed by atoms with Gasteiger partial charge in [0.15, 0.2) is 6.61 Å². The zero-order valence-corrected chi connectivity index (χ0v) is 5.24. The van der Waals surface area contributed by atoms with Gasteiger partial charge in [-0.1, -0.05) is 0 Å². The summed E-state index contributed by atoms with van der Waals surface area (Å²) in [5.74, 6) is 0.470. The number of hydrogen-bond donors (Lipinski definition) is 0. The second kappa shape index (κ2) is 2.52. The first-order valence-electron chi connectivity index (χ1n) is 2.96. The zero-order chi connectivity index (χ0) is 7.61. The van der Waals surface area contributed by atoms with Gasteiger partial charge in [0.2, 0.25) is 0 Å². The summed E-state index contributed by atoms with van der Waals surface area (Å²) in [6, 6.07) is 0. The molecule has 0 aliphatic heterocycles. The largest absolute Gasteiger partial charge is 0.489 e. The maximum Gasteiger partial charge on any atom is 0.422 e. The Morgan fingerprint density at radius 3 is 2.40 bits per heavy atom. The molecule has 1 nitrogen and oxygen atoms in total. The first-order chi connectivity index (χ1) is 4.58. The topological polar surface area (TPSA) is 9.23 Å². The third kappa shape index (κ3) is 2.29. The summed E-state index contributed by atoms with van der Waals surface area (Å²) >= 11 is 0. The van der Waals surface area contributed by atoms with Gasteiger partial charge in [0.05, 0.1) is 5.76 Å². The molecule has 1 rings (SSSR count). The van der Waals surface area contributed by atoms with Gasteiger partial charge in [-0.25, -0.2) is 0 Å². The van der Waals surface area contributed by atoms with Gasteiger partial charge in [-0.05, 0) is 12.5 Å². The van der Waals surface area contributed by atoms with Crippen molar-refractivity contribution >= 4 is 0 Å². The molecule has 0 fully saturated rings. The van der Waals surface area contributed by atoms with E-state index in [-0.39, 0.29) is 0 Å². The molecule has 0 spiro atoms. The van der Waals surface area contributed by atoms with Crippen LogP contribution in [0.3, 0.4) is 0 Å². The number of ether oxygens (including phenoxy) is 1. The van der Waals surface area contributed by atoms with Crippen molar-refractivity contribution in [1.82, 2.24) is 0 Å². The Bertz CT molecular complexity index is 148. The third-order valence-electron chi connectivity index (χ3n) is 1.18. The smallest absolute Gasteiger partial charge is 0.422 e. The van der Waals surface area contributed by atoms with Crippen LogP contribution in [0.15, 0.2) is 11.8 Å². The summed E-state index contributed by atoms with van der Waals surface area (Å²) in [6.07, 6.45) is -1.05. The second-order valence-electron chi connectivity index (χ2n) is 2.11. The molecule has 0 saturated heterocycles. The van der Waals surface area contributed by atoms with Crippen LogP contribution in [0, 0.1) is 0 Å². The Morgan fingerprint density at radius 2 is 2.10 bits per heavy atom. The molecular weight excluding hydrogens is 145 g/mol. The van der Waals surface area contributed by atoms with Crippen LogP contribution in [0.25, 0.3) is 0 Å².